The molecule has 1 amide bonds. The molecule has 0 saturated heterocycles. The van der Waals surface area contributed by atoms with Crippen LogP contribution in [0.25, 0.3) is 0 Å². The molecule has 0 fully saturated rings. The second-order valence-corrected chi connectivity index (χ2v) is 6.81. The number of hydrogen-bond donors (Lipinski definition) is 1. The van der Waals surface area contributed by atoms with E-state index in [0.717, 1.165) is 21.5 Å². The lowest BCUT2D eigenvalue weighted by Crippen LogP contribution is -2.12. The molecule has 20 heavy (non-hydrogen) atoms. The predicted octanol–water partition coefficient (Wildman–Crippen LogP) is 3.53. The third-order valence-corrected chi connectivity index (χ3v) is 4.68. The van der Waals surface area contributed by atoms with E-state index in [1.54, 1.807) is 23.1 Å². The standard InChI is InChI=1S/C14H17N3OS2/c1-3-11-4-6-12(7-5-11)15-13(18)8-9-19-14-17-16-10(2)20-14/h4-7H,3,8-9H2,1-2H3,(H,15,18). The zero-order valence-electron chi connectivity index (χ0n) is 11.5. The molecule has 106 valence electrons. The highest BCUT2D eigenvalue weighted by Crippen LogP contribution is 2.22. The smallest absolute Gasteiger partial charge is 0.225 e. The minimum absolute atomic E-state index is 0.0305. The van der Waals surface area contributed by atoms with Gasteiger partial charge in [0.1, 0.15) is 5.01 Å². The highest BCUT2D eigenvalue weighted by atomic mass is 32.2. The summed E-state index contributed by atoms with van der Waals surface area (Å²) >= 11 is 3.13. The Morgan fingerprint density at radius 1 is 1.30 bits per heavy atom. The average molecular weight is 307 g/mol. The second kappa shape index (κ2) is 7.40. The molecule has 2 aromatic rings. The number of thioether (sulfide) groups is 1. The van der Waals surface area contributed by atoms with Crippen LogP contribution in [0.2, 0.25) is 0 Å². The molecule has 0 aliphatic heterocycles. The highest BCUT2D eigenvalue weighted by Gasteiger charge is 2.05. The summed E-state index contributed by atoms with van der Waals surface area (Å²) in [6.07, 6.45) is 1.48. The summed E-state index contributed by atoms with van der Waals surface area (Å²) < 4.78 is 0.919. The van der Waals surface area contributed by atoms with Gasteiger partial charge < -0.3 is 5.32 Å². The van der Waals surface area contributed by atoms with E-state index in [1.807, 2.05) is 31.2 Å². The normalized spacial score (nSPS) is 10.5. The first-order valence-electron chi connectivity index (χ1n) is 6.49. The molecule has 1 N–H and O–H groups in total. The summed E-state index contributed by atoms with van der Waals surface area (Å²) in [6, 6.07) is 7.96. The SMILES string of the molecule is CCc1ccc(NC(=O)CCSc2nnc(C)s2)cc1. The maximum atomic E-state index is 11.8. The number of anilines is 1. The molecule has 0 aliphatic carbocycles. The third kappa shape index (κ3) is 4.61. The monoisotopic (exact) mass is 307 g/mol. The Morgan fingerprint density at radius 2 is 2.05 bits per heavy atom. The Kier molecular flexibility index (Phi) is 5.55. The van der Waals surface area contributed by atoms with Gasteiger partial charge in [-0.05, 0) is 31.0 Å². The number of benzene rings is 1. The van der Waals surface area contributed by atoms with Gasteiger partial charge in [-0.25, -0.2) is 0 Å². The largest absolute Gasteiger partial charge is 0.326 e. The lowest BCUT2D eigenvalue weighted by molar-refractivity contribution is -0.115. The zero-order chi connectivity index (χ0) is 14.4. The van der Waals surface area contributed by atoms with Crippen LogP contribution in [0.3, 0.4) is 0 Å². The number of rotatable bonds is 6. The second-order valence-electron chi connectivity index (χ2n) is 4.28. The highest BCUT2D eigenvalue weighted by molar-refractivity contribution is 8.01. The topological polar surface area (TPSA) is 54.9 Å². The van der Waals surface area contributed by atoms with Crippen LogP contribution in [0.5, 0.6) is 0 Å². The van der Waals surface area contributed by atoms with Crippen LogP contribution in [0.1, 0.15) is 23.9 Å². The molecule has 0 atom stereocenters. The van der Waals surface area contributed by atoms with E-state index < -0.39 is 0 Å². The van der Waals surface area contributed by atoms with Gasteiger partial charge >= 0.3 is 0 Å². The fraction of sp³-hybridized carbons (Fsp3) is 0.357. The lowest BCUT2D eigenvalue weighted by Gasteiger charge is -2.05. The Balaban J connectivity index is 1.74. The van der Waals surface area contributed by atoms with Crippen LogP contribution in [0.15, 0.2) is 28.6 Å². The Hall–Kier alpha value is -1.40. The van der Waals surface area contributed by atoms with Crippen molar-refractivity contribution in [2.24, 2.45) is 0 Å². The number of aromatic nitrogens is 2. The first-order chi connectivity index (χ1) is 9.67. The predicted molar refractivity (Wildman–Crippen MR) is 84.4 cm³/mol. The minimum atomic E-state index is 0.0305. The van der Waals surface area contributed by atoms with Crippen molar-refractivity contribution >= 4 is 34.7 Å². The summed E-state index contributed by atoms with van der Waals surface area (Å²) in [4.78, 5) is 11.8. The van der Waals surface area contributed by atoms with Crippen molar-refractivity contribution in [3.63, 3.8) is 0 Å². The molecule has 1 aromatic heterocycles. The molecule has 1 heterocycles. The average Bonchev–Trinajstić information content (AvgIpc) is 2.85. The van der Waals surface area contributed by atoms with Crippen molar-refractivity contribution in [3.8, 4) is 0 Å². The third-order valence-electron chi connectivity index (χ3n) is 2.71. The van der Waals surface area contributed by atoms with E-state index >= 15 is 0 Å². The van der Waals surface area contributed by atoms with Crippen molar-refractivity contribution in [1.29, 1.82) is 0 Å². The number of hydrogen-bond acceptors (Lipinski definition) is 5. The van der Waals surface area contributed by atoms with Crippen molar-refractivity contribution in [3.05, 3.63) is 34.8 Å². The maximum Gasteiger partial charge on any atom is 0.225 e. The van der Waals surface area contributed by atoms with Gasteiger partial charge in [-0.1, -0.05) is 42.2 Å². The number of nitrogens with zero attached hydrogens (tertiary/aromatic N) is 2. The molecular weight excluding hydrogens is 290 g/mol. The number of aryl methyl sites for hydroxylation is 2. The number of carbonyl (C=O) groups excluding carboxylic acids is 1. The van der Waals surface area contributed by atoms with Gasteiger partial charge in [-0.15, -0.1) is 10.2 Å². The Morgan fingerprint density at radius 3 is 2.65 bits per heavy atom. The van der Waals surface area contributed by atoms with Crippen molar-refractivity contribution in [2.45, 2.75) is 31.0 Å². The molecular formula is C14H17N3OS2. The van der Waals surface area contributed by atoms with E-state index in [9.17, 15) is 4.79 Å². The quantitative estimate of drug-likeness (QED) is 0.830. The first-order valence-corrected chi connectivity index (χ1v) is 8.29. The van der Waals surface area contributed by atoms with Crippen LogP contribution in [-0.2, 0) is 11.2 Å². The van der Waals surface area contributed by atoms with Crippen molar-refractivity contribution < 1.29 is 4.79 Å². The molecule has 1 aromatic carbocycles. The maximum absolute atomic E-state index is 11.8. The molecule has 0 radical (unpaired) electrons. The molecule has 0 bridgehead atoms. The van der Waals surface area contributed by atoms with E-state index in [2.05, 4.69) is 22.4 Å². The van der Waals surface area contributed by atoms with E-state index in [0.29, 0.717) is 12.2 Å². The van der Waals surface area contributed by atoms with Gasteiger partial charge in [0.05, 0.1) is 0 Å². The van der Waals surface area contributed by atoms with Crippen LogP contribution in [0.4, 0.5) is 5.69 Å². The van der Waals surface area contributed by atoms with Gasteiger partial charge in [0.25, 0.3) is 0 Å². The Bertz CT molecular complexity index is 566. The van der Waals surface area contributed by atoms with Crippen LogP contribution < -0.4 is 5.32 Å². The van der Waals surface area contributed by atoms with E-state index in [4.69, 9.17) is 0 Å². The summed E-state index contributed by atoms with van der Waals surface area (Å²) in [5.41, 5.74) is 2.12. The van der Waals surface area contributed by atoms with Gasteiger partial charge in [-0.3, -0.25) is 4.79 Å². The molecule has 2 rings (SSSR count). The van der Waals surface area contributed by atoms with Crippen molar-refractivity contribution in [1.82, 2.24) is 10.2 Å². The summed E-state index contributed by atoms with van der Waals surface area (Å²) in [5, 5.41) is 11.8. The van der Waals surface area contributed by atoms with Gasteiger partial charge in [0.15, 0.2) is 4.34 Å². The number of carbonyl (C=O) groups is 1. The molecule has 0 unspecified atom stereocenters. The van der Waals surface area contributed by atoms with Crippen molar-refractivity contribution in [2.75, 3.05) is 11.1 Å². The summed E-state index contributed by atoms with van der Waals surface area (Å²) in [6.45, 7) is 4.04. The van der Waals surface area contributed by atoms with Crippen LogP contribution >= 0.6 is 23.1 Å². The van der Waals surface area contributed by atoms with Gasteiger partial charge in [0.2, 0.25) is 5.91 Å². The molecule has 0 saturated carbocycles. The first kappa shape index (κ1) is 15.0. The summed E-state index contributed by atoms with van der Waals surface area (Å²) in [5.74, 6) is 0.746. The lowest BCUT2D eigenvalue weighted by atomic mass is 10.1. The Labute approximate surface area is 127 Å². The number of nitrogens with one attached hydrogen (secondary N) is 1. The molecule has 0 spiro atoms. The van der Waals surface area contributed by atoms with Crippen LogP contribution in [-0.4, -0.2) is 21.9 Å². The van der Waals surface area contributed by atoms with E-state index in [-0.39, 0.29) is 5.91 Å². The van der Waals surface area contributed by atoms with Gasteiger partial charge in [0, 0.05) is 17.9 Å². The zero-order valence-corrected chi connectivity index (χ0v) is 13.2. The molecule has 6 heteroatoms. The van der Waals surface area contributed by atoms with Crippen LogP contribution in [0, 0.1) is 6.92 Å². The fourth-order valence-electron chi connectivity index (χ4n) is 1.62. The number of amides is 1. The summed E-state index contributed by atoms with van der Waals surface area (Å²) in [7, 11) is 0. The molecule has 4 nitrogen and oxygen atoms in total. The van der Waals surface area contributed by atoms with E-state index in [1.165, 1.54) is 5.56 Å². The molecule has 0 aliphatic rings. The van der Waals surface area contributed by atoms with Gasteiger partial charge in [-0.2, -0.15) is 0 Å². The fourth-order valence-corrected chi connectivity index (χ4v) is 3.44. The minimum Gasteiger partial charge on any atom is -0.326 e.